The number of rotatable bonds is 1. The predicted octanol–water partition coefficient (Wildman–Crippen LogP) is 1.07. The first-order chi connectivity index (χ1) is 5.34. The molecule has 0 amide bonds. The van der Waals surface area contributed by atoms with Gasteiger partial charge in [-0.25, -0.2) is 0 Å². The van der Waals surface area contributed by atoms with Gasteiger partial charge in [0.05, 0.1) is 6.10 Å². The van der Waals surface area contributed by atoms with Crippen molar-refractivity contribution in [1.82, 2.24) is 5.32 Å². The molecular formula is C9H17NO. The Kier molecular flexibility index (Phi) is 3.60. The molecular weight excluding hydrogens is 138 g/mol. The minimum atomic E-state index is -0.162. The topological polar surface area (TPSA) is 32.3 Å². The Morgan fingerprint density at radius 3 is 2.55 bits per heavy atom. The van der Waals surface area contributed by atoms with Crippen molar-refractivity contribution in [2.45, 2.75) is 37.8 Å². The number of aliphatic hydroxyl groups is 1. The van der Waals surface area contributed by atoms with Gasteiger partial charge in [-0.3, -0.25) is 0 Å². The van der Waals surface area contributed by atoms with Gasteiger partial charge < -0.3 is 10.4 Å². The molecule has 0 radical (unpaired) electrons. The summed E-state index contributed by atoms with van der Waals surface area (Å²) in [5, 5.41) is 12.7. The van der Waals surface area contributed by atoms with E-state index in [0.717, 1.165) is 25.7 Å². The van der Waals surface area contributed by atoms with E-state index in [2.05, 4.69) is 17.5 Å². The highest BCUT2D eigenvalue weighted by molar-refractivity contribution is 4.89. The molecule has 2 unspecified atom stereocenters. The molecule has 1 rings (SSSR count). The third-order valence-corrected chi connectivity index (χ3v) is 2.28. The predicted molar refractivity (Wildman–Crippen MR) is 46.5 cm³/mol. The lowest BCUT2D eigenvalue weighted by Gasteiger charge is -2.22. The fourth-order valence-electron chi connectivity index (χ4n) is 1.51. The van der Waals surface area contributed by atoms with Crippen LogP contribution in [-0.4, -0.2) is 24.3 Å². The van der Waals surface area contributed by atoms with Crippen molar-refractivity contribution in [3.63, 3.8) is 0 Å². The van der Waals surface area contributed by atoms with Crippen molar-refractivity contribution in [3.8, 4) is 0 Å². The first-order valence-corrected chi connectivity index (χ1v) is 4.35. The molecule has 1 aliphatic rings. The van der Waals surface area contributed by atoms with Crippen LogP contribution in [0.4, 0.5) is 0 Å². The van der Waals surface area contributed by atoms with Crippen LogP contribution in [0.25, 0.3) is 0 Å². The summed E-state index contributed by atoms with van der Waals surface area (Å²) in [5.41, 5.74) is 0. The molecule has 1 aliphatic carbocycles. The molecule has 2 heteroatoms. The van der Waals surface area contributed by atoms with Crippen molar-refractivity contribution in [2.24, 2.45) is 0 Å². The third kappa shape index (κ3) is 2.64. The largest absolute Gasteiger partial charge is 0.391 e. The van der Waals surface area contributed by atoms with E-state index in [9.17, 15) is 5.11 Å². The number of hydrogen-bond acceptors (Lipinski definition) is 2. The van der Waals surface area contributed by atoms with E-state index in [-0.39, 0.29) is 6.10 Å². The molecule has 0 saturated carbocycles. The number of hydrogen-bond donors (Lipinski definition) is 2. The zero-order chi connectivity index (χ0) is 8.10. The molecule has 11 heavy (non-hydrogen) atoms. The fourth-order valence-corrected chi connectivity index (χ4v) is 1.51. The first-order valence-electron chi connectivity index (χ1n) is 4.35. The summed E-state index contributed by atoms with van der Waals surface area (Å²) in [6.45, 7) is 0. The van der Waals surface area contributed by atoms with Crippen LogP contribution >= 0.6 is 0 Å². The van der Waals surface area contributed by atoms with E-state index >= 15 is 0 Å². The van der Waals surface area contributed by atoms with Crippen LogP contribution in [0.5, 0.6) is 0 Å². The van der Waals surface area contributed by atoms with Crippen LogP contribution in [-0.2, 0) is 0 Å². The Balaban J connectivity index is 2.43. The zero-order valence-electron chi connectivity index (χ0n) is 7.09. The Labute approximate surface area is 68.3 Å². The second-order valence-electron chi connectivity index (χ2n) is 3.09. The summed E-state index contributed by atoms with van der Waals surface area (Å²) in [5.74, 6) is 0. The average molecular weight is 155 g/mol. The smallest absolute Gasteiger partial charge is 0.0696 e. The van der Waals surface area contributed by atoms with Crippen molar-refractivity contribution in [2.75, 3.05) is 7.05 Å². The lowest BCUT2D eigenvalue weighted by Crippen LogP contribution is -2.37. The maximum Gasteiger partial charge on any atom is 0.0696 e. The Morgan fingerprint density at radius 1 is 1.27 bits per heavy atom. The summed E-state index contributed by atoms with van der Waals surface area (Å²) in [4.78, 5) is 0. The number of nitrogens with one attached hydrogen (secondary N) is 1. The summed E-state index contributed by atoms with van der Waals surface area (Å²) in [6, 6.07) is 0.292. The minimum absolute atomic E-state index is 0.162. The molecule has 0 aliphatic heterocycles. The number of likely N-dealkylation sites (N-methyl/N-ethyl adjacent to an activating group) is 1. The van der Waals surface area contributed by atoms with E-state index in [1.165, 1.54) is 0 Å². The van der Waals surface area contributed by atoms with Crippen LogP contribution in [0.2, 0.25) is 0 Å². The molecule has 64 valence electrons. The van der Waals surface area contributed by atoms with Crippen LogP contribution < -0.4 is 5.32 Å². The number of allylic oxidation sites excluding steroid dienone is 2. The second kappa shape index (κ2) is 4.52. The molecule has 2 nitrogen and oxygen atoms in total. The summed E-state index contributed by atoms with van der Waals surface area (Å²) in [6.07, 6.45) is 8.24. The quantitative estimate of drug-likeness (QED) is 0.555. The summed E-state index contributed by atoms with van der Waals surface area (Å²) in [7, 11) is 1.92. The normalized spacial score (nSPS) is 35.8. The minimum Gasteiger partial charge on any atom is -0.391 e. The van der Waals surface area contributed by atoms with Gasteiger partial charge in [0, 0.05) is 6.04 Å². The van der Waals surface area contributed by atoms with Crippen LogP contribution in [0.15, 0.2) is 12.2 Å². The van der Waals surface area contributed by atoms with Gasteiger partial charge in [0.15, 0.2) is 0 Å². The van der Waals surface area contributed by atoms with Gasteiger partial charge in [0.25, 0.3) is 0 Å². The van der Waals surface area contributed by atoms with Gasteiger partial charge in [0.2, 0.25) is 0 Å². The maximum absolute atomic E-state index is 9.58. The van der Waals surface area contributed by atoms with Gasteiger partial charge in [0.1, 0.15) is 0 Å². The molecule has 0 aromatic heterocycles. The lowest BCUT2D eigenvalue weighted by molar-refractivity contribution is 0.117. The summed E-state index contributed by atoms with van der Waals surface area (Å²) >= 11 is 0. The molecule has 0 aromatic rings. The van der Waals surface area contributed by atoms with Gasteiger partial charge in [-0.05, 0) is 32.7 Å². The molecule has 0 aromatic carbocycles. The molecule has 2 atom stereocenters. The zero-order valence-corrected chi connectivity index (χ0v) is 7.09. The molecule has 0 heterocycles. The highest BCUT2D eigenvalue weighted by Crippen LogP contribution is 2.12. The Bertz CT molecular complexity index is 134. The summed E-state index contributed by atoms with van der Waals surface area (Å²) < 4.78 is 0. The highest BCUT2D eigenvalue weighted by Gasteiger charge is 2.16. The average Bonchev–Trinajstić information content (AvgIpc) is 1.98. The van der Waals surface area contributed by atoms with Crippen LogP contribution in [0.1, 0.15) is 25.7 Å². The molecule has 2 N–H and O–H groups in total. The number of aliphatic hydroxyl groups excluding tert-OH is 1. The second-order valence-corrected chi connectivity index (χ2v) is 3.09. The van der Waals surface area contributed by atoms with Gasteiger partial charge in [-0.1, -0.05) is 12.2 Å². The Hall–Kier alpha value is -0.340. The van der Waals surface area contributed by atoms with Gasteiger partial charge in [-0.15, -0.1) is 0 Å². The molecule has 0 spiro atoms. The molecule has 0 saturated heterocycles. The maximum atomic E-state index is 9.58. The first kappa shape index (κ1) is 8.75. The monoisotopic (exact) mass is 155 g/mol. The lowest BCUT2D eigenvalue weighted by atomic mass is 9.98. The third-order valence-electron chi connectivity index (χ3n) is 2.28. The van der Waals surface area contributed by atoms with Crippen molar-refractivity contribution in [3.05, 3.63) is 12.2 Å². The highest BCUT2D eigenvalue weighted by atomic mass is 16.3. The van der Waals surface area contributed by atoms with E-state index in [4.69, 9.17) is 0 Å². The van der Waals surface area contributed by atoms with Gasteiger partial charge >= 0.3 is 0 Å². The van der Waals surface area contributed by atoms with Gasteiger partial charge in [-0.2, -0.15) is 0 Å². The van der Waals surface area contributed by atoms with E-state index in [1.807, 2.05) is 7.05 Å². The molecule has 0 bridgehead atoms. The standard InChI is InChI=1S/C9H17NO/c1-10-8-6-4-2-3-5-7-9(8)11/h2-3,8-11H,4-7H2,1H3/b3-2-. The van der Waals surface area contributed by atoms with E-state index in [1.54, 1.807) is 0 Å². The Morgan fingerprint density at radius 2 is 1.91 bits per heavy atom. The molecule has 0 fully saturated rings. The van der Waals surface area contributed by atoms with Crippen LogP contribution in [0.3, 0.4) is 0 Å². The SMILES string of the molecule is CNC1CC/C=C\CCC1O. The van der Waals surface area contributed by atoms with Crippen molar-refractivity contribution in [1.29, 1.82) is 0 Å². The van der Waals surface area contributed by atoms with Crippen molar-refractivity contribution >= 4 is 0 Å². The van der Waals surface area contributed by atoms with E-state index in [0.29, 0.717) is 6.04 Å². The van der Waals surface area contributed by atoms with Crippen molar-refractivity contribution < 1.29 is 5.11 Å². The fraction of sp³-hybridized carbons (Fsp3) is 0.778. The van der Waals surface area contributed by atoms with Crippen LogP contribution in [0, 0.1) is 0 Å². The van der Waals surface area contributed by atoms with E-state index < -0.39 is 0 Å².